The minimum absolute atomic E-state index is 0.0140. The number of anilines is 12. The number of alkyl halides is 6. The molecule has 0 aliphatic carbocycles. The van der Waals surface area contributed by atoms with Crippen molar-refractivity contribution in [2.24, 2.45) is 0 Å². The summed E-state index contributed by atoms with van der Waals surface area (Å²) in [6.07, 6.45) is -8.68. The molecule has 0 aromatic heterocycles. The van der Waals surface area contributed by atoms with E-state index < -0.39 is 46.7 Å². The molecule has 0 unspecified atom stereocenters. The average Bonchev–Trinajstić information content (AvgIpc) is 0.748. The first-order chi connectivity index (χ1) is 53.6. The van der Waals surface area contributed by atoms with Crippen LogP contribution in [0.15, 0.2) is 218 Å². The number of carbonyl (C=O) groups excluding carboxylic acids is 1. The summed E-state index contributed by atoms with van der Waals surface area (Å²) < 4.78 is 81.1. The van der Waals surface area contributed by atoms with Gasteiger partial charge in [0.05, 0.1) is 68.2 Å². The summed E-state index contributed by atoms with van der Waals surface area (Å²) in [6.45, 7) is 6.95. The van der Waals surface area contributed by atoms with Crippen LogP contribution in [-0.4, -0.2) is 79.4 Å². The summed E-state index contributed by atoms with van der Waals surface area (Å²) in [6, 6.07) is 52.7. The molecule has 12 rings (SSSR count). The van der Waals surface area contributed by atoms with Gasteiger partial charge in [-0.2, -0.15) is 26.3 Å². The number of carbonyl (C=O) groups is 1. The highest BCUT2D eigenvalue weighted by Crippen LogP contribution is 2.49. The Morgan fingerprint density at radius 1 is 0.287 bits per heavy atom. The molecule has 115 heavy (non-hydrogen) atoms. The zero-order valence-corrected chi connectivity index (χ0v) is 62.1. The number of aromatic hydroxyl groups is 12. The number of nitrogen functional groups attached to an aromatic ring is 12. The van der Waals surface area contributed by atoms with Gasteiger partial charge in [0.2, 0.25) is 0 Å². The molecule has 0 atom stereocenters. The molecule has 12 aromatic carbocycles. The molecule has 0 amide bonds. The summed E-state index contributed by atoms with van der Waals surface area (Å²) in [7, 11) is 0. The number of hydrogen-bond acceptors (Lipinski definition) is 25. The van der Waals surface area contributed by atoms with Crippen LogP contribution in [0.4, 0.5) is 94.6 Å². The Bertz CT molecular complexity index is 5190. The second-order valence-electron chi connectivity index (χ2n) is 27.2. The van der Waals surface area contributed by atoms with Crippen molar-refractivity contribution in [2.45, 2.75) is 69.1 Å². The maximum absolute atomic E-state index is 13.7. The van der Waals surface area contributed by atoms with Crippen molar-refractivity contribution in [1.29, 1.82) is 0 Å². The van der Waals surface area contributed by atoms with Crippen LogP contribution in [0.25, 0.3) is 0 Å². The second-order valence-corrected chi connectivity index (χ2v) is 27.2. The Labute approximate surface area is 655 Å². The highest BCUT2D eigenvalue weighted by atomic mass is 19.4. The van der Waals surface area contributed by atoms with Gasteiger partial charge in [0, 0.05) is 22.5 Å². The average molecular weight is 1590 g/mol. The van der Waals surface area contributed by atoms with Gasteiger partial charge in [-0.25, -0.2) is 0 Å². The van der Waals surface area contributed by atoms with Crippen molar-refractivity contribution < 1.29 is 92.4 Å². The number of rotatable bonds is 12. The van der Waals surface area contributed by atoms with Gasteiger partial charge < -0.3 is 130 Å². The first-order valence-electron chi connectivity index (χ1n) is 34.3. The van der Waals surface area contributed by atoms with Gasteiger partial charge >= 0.3 is 12.4 Å². The predicted molar refractivity (Wildman–Crippen MR) is 437 cm³/mol. The van der Waals surface area contributed by atoms with E-state index in [1.807, 2.05) is 57.2 Å². The first kappa shape index (κ1) is 87.3. The lowest BCUT2D eigenvalue weighted by Crippen LogP contribution is -2.40. The molecule has 31 heteroatoms. The first-order valence-corrected chi connectivity index (χ1v) is 34.3. The molecule has 0 spiro atoms. The molecule has 0 radical (unpaired) electrons. The summed E-state index contributed by atoms with van der Waals surface area (Å²) >= 11 is 0. The third-order valence-electron chi connectivity index (χ3n) is 18.7. The normalized spacial score (nSPS) is 11.2. The SMILES string of the molecule is CC(C)(c1ccc(N)c(O)c1)c1ccc(N)c(O)c1.CC(c1ccc(N)c(O)c1)(c1ccc(N)c(O)c1)C(F)(F)F.CC(c1ccc(N)c(O)c1)c1ccc(N)c(O)c1.Nc1ccc(C(=O)c2ccc(N)c(O)c2)cc1O.Nc1ccc(C(c2ccc(N)c(O)c2)C(F)(F)F)cc1O.Nc1ccc(Cc2ccc(N)c(O)c2)cc1O. The van der Waals surface area contributed by atoms with Crippen LogP contribution in [0.2, 0.25) is 0 Å². The van der Waals surface area contributed by atoms with E-state index >= 15 is 0 Å². The molecule has 25 nitrogen and oxygen atoms in total. The van der Waals surface area contributed by atoms with Crippen molar-refractivity contribution in [1.82, 2.24) is 0 Å². The van der Waals surface area contributed by atoms with Crippen LogP contribution in [0.5, 0.6) is 69.0 Å². The van der Waals surface area contributed by atoms with Gasteiger partial charge in [0.25, 0.3) is 0 Å². The van der Waals surface area contributed by atoms with Crippen molar-refractivity contribution in [3.05, 3.63) is 285 Å². The quantitative estimate of drug-likeness (QED) is 0.0234. The van der Waals surface area contributed by atoms with Gasteiger partial charge in [-0.3, -0.25) is 4.79 Å². The number of nitrogens with two attached hydrogens (primary N) is 12. The fourth-order valence-corrected chi connectivity index (χ4v) is 11.3. The third kappa shape index (κ3) is 21.6. The number of ketones is 1. The molecular formula is C84H88F6N12O13. The molecule has 0 saturated heterocycles. The largest absolute Gasteiger partial charge is 0.506 e. The maximum Gasteiger partial charge on any atom is 0.402 e. The summed E-state index contributed by atoms with van der Waals surface area (Å²) in [4.78, 5) is 12.1. The molecule has 36 N–H and O–H groups in total. The van der Waals surface area contributed by atoms with Crippen LogP contribution < -0.4 is 68.8 Å². The van der Waals surface area contributed by atoms with E-state index in [1.54, 1.807) is 72.8 Å². The lowest BCUT2D eigenvalue weighted by Gasteiger charge is -2.33. The van der Waals surface area contributed by atoms with Crippen LogP contribution in [0, 0.1) is 0 Å². The van der Waals surface area contributed by atoms with Crippen LogP contribution in [0.1, 0.15) is 111 Å². The standard InChI is InChI=1S/C15H15F3N2O2.C15H18N2O2.C14H13F3N2O2.C14H16N2O2.C13H12N2O3.C13H14N2O2/c1-14(15(16,17)18,8-2-4-10(19)12(21)6-8)9-3-5-11(20)13(22)7-9;1-15(2,9-3-5-11(16)13(18)7-9)10-4-6-12(17)14(19)8-10;15-14(16,17)13(7-1-3-9(18)11(20)5-7)8-2-4-10(19)12(21)6-8;1-8(9-2-4-11(15)13(17)6-9)10-3-5-12(16)14(18)7-10;14-9-3-1-7(5-11(9)16)13(18)8-2-4-10(15)12(17)6-8;14-10-3-1-8(6-12(10)16)5-9-2-4-11(15)13(17)7-9/h2-7,21-22H,19-20H2,1H3;3-8,18-19H,16-17H2,1-2H3;1-6,13,20-21H,18-19H2;2-8,17-18H,15-16H2,1H3;1-6,16-17H,14-15H2;1-4,6-7,16-17H,5,14-15H2. The van der Waals surface area contributed by atoms with Gasteiger partial charge in [0.15, 0.2) is 5.78 Å². The number of benzene rings is 12. The van der Waals surface area contributed by atoms with Crippen LogP contribution in [-0.2, 0) is 17.3 Å². The Balaban J connectivity index is 0.000000191. The summed E-state index contributed by atoms with van der Waals surface area (Å²) in [5.74, 6) is -3.94. The second kappa shape index (κ2) is 35.8. The monoisotopic (exact) mass is 1590 g/mol. The minimum Gasteiger partial charge on any atom is -0.506 e. The minimum atomic E-state index is -4.67. The number of hydrogen-bond donors (Lipinski definition) is 24. The van der Waals surface area contributed by atoms with Gasteiger partial charge in [-0.05, 0) is 227 Å². The summed E-state index contributed by atoms with van der Waals surface area (Å²) in [5, 5.41) is 115. The van der Waals surface area contributed by atoms with E-state index in [9.17, 15) is 92.4 Å². The molecule has 0 fully saturated rings. The Morgan fingerprint density at radius 3 is 0.757 bits per heavy atom. The highest BCUT2D eigenvalue weighted by Gasteiger charge is 2.54. The van der Waals surface area contributed by atoms with Gasteiger partial charge in [-0.1, -0.05) is 81.4 Å². The van der Waals surface area contributed by atoms with E-state index in [4.69, 9.17) is 68.8 Å². The topological polar surface area (TPSA) is 572 Å². The molecule has 0 saturated carbocycles. The van der Waals surface area contributed by atoms with Crippen molar-refractivity contribution in [3.8, 4) is 69.0 Å². The molecule has 0 aliphatic rings. The summed E-state index contributed by atoms with van der Waals surface area (Å²) in [5.41, 5.74) is 70.9. The Kier molecular flexibility index (Phi) is 27.2. The van der Waals surface area contributed by atoms with E-state index in [0.29, 0.717) is 40.5 Å². The number of halogens is 6. The van der Waals surface area contributed by atoms with Crippen LogP contribution >= 0.6 is 0 Å². The smallest absolute Gasteiger partial charge is 0.402 e. The zero-order chi connectivity index (χ0) is 85.7. The maximum atomic E-state index is 13.7. The number of phenolic OH excluding ortho intramolecular Hbond substituents is 12. The molecule has 0 bridgehead atoms. The van der Waals surface area contributed by atoms with E-state index in [2.05, 4.69) is 0 Å². The Morgan fingerprint density at radius 2 is 0.504 bits per heavy atom. The fraction of sp³-hybridized carbons (Fsp3) is 0.131. The molecule has 604 valence electrons. The lowest BCUT2D eigenvalue weighted by atomic mass is 9.75. The predicted octanol–water partition coefficient (Wildman–Crippen LogP) is 14.4. The molecular weight excluding hydrogens is 1500 g/mol. The van der Waals surface area contributed by atoms with E-state index in [0.717, 1.165) is 64.6 Å². The third-order valence-corrected chi connectivity index (χ3v) is 18.7. The zero-order valence-electron chi connectivity index (χ0n) is 62.1. The van der Waals surface area contributed by atoms with Crippen LogP contribution in [0.3, 0.4) is 0 Å². The molecule has 12 aromatic rings. The van der Waals surface area contributed by atoms with Crippen molar-refractivity contribution >= 4 is 74.0 Å². The van der Waals surface area contributed by atoms with Crippen molar-refractivity contribution in [2.75, 3.05) is 68.8 Å². The Hall–Kier alpha value is -14.9. The van der Waals surface area contributed by atoms with E-state index in [-0.39, 0.29) is 131 Å². The number of phenols is 12. The van der Waals surface area contributed by atoms with Crippen molar-refractivity contribution in [3.63, 3.8) is 0 Å². The lowest BCUT2D eigenvalue weighted by molar-refractivity contribution is -0.173. The van der Waals surface area contributed by atoms with Gasteiger partial charge in [-0.15, -0.1) is 0 Å². The fourth-order valence-electron chi connectivity index (χ4n) is 11.3. The van der Waals surface area contributed by atoms with E-state index in [1.165, 1.54) is 84.9 Å². The van der Waals surface area contributed by atoms with Gasteiger partial charge in [0.1, 0.15) is 80.3 Å². The molecule has 0 heterocycles. The molecule has 0 aliphatic heterocycles. The highest BCUT2D eigenvalue weighted by molar-refractivity contribution is 6.10.